The molecule has 0 bridgehead atoms. The first-order chi connectivity index (χ1) is 15.4. The van der Waals surface area contributed by atoms with E-state index in [1.807, 2.05) is 13.2 Å². The lowest BCUT2D eigenvalue weighted by atomic mass is 10.0. The van der Waals surface area contributed by atoms with Crippen molar-refractivity contribution in [1.82, 2.24) is 15.5 Å². The van der Waals surface area contributed by atoms with Crippen LogP contribution in [0.3, 0.4) is 0 Å². The number of unbranched alkanes of at least 4 members (excludes halogenated alkanes) is 1. The number of alkyl carbamates (subject to hydrolysis) is 1. The zero-order valence-corrected chi connectivity index (χ0v) is 21.7. The smallest absolute Gasteiger partial charge is 0.408 e. The number of aromatic hydroxyl groups is 1. The average Bonchev–Trinajstić information content (AvgIpc) is 2.72. The molecule has 3 N–H and O–H groups in total. The van der Waals surface area contributed by atoms with E-state index < -0.39 is 29.7 Å². The van der Waals surface area contributed by atoms with Crippen molar-refractivity contribution >= 4 is 29.7 Å². The summed E-state index contributed by atoms with van der Waals surface area (Å²) in [5.74, 6) is 0.0509. The summed E-state index contributed by atoms with van der Waals surface area (Å²) in [5.41, 5.74) is 0.482. The van der Waals surface area contributed by atoms with E-state index in [1.165, 1.54) is 11.0 Å². The number of rotatable bonds is 11. The molecule has 3 amide bonds. The maximum absolute atomic E-state index is 13.5. The lowest BCUT2D eigenvalue weighted by molar-refractivity contribution is -0.140. The van der Waals surface area contributed by atoms with E-state index in [9.17, 15) is 19.5 Å². The number of carbonyl (C=O) groups is 3. The molecule has 9 heteroatoms. The van der Waals surface area contributed by atoms with Crippen molar-refractivity contribution in [3.63, 3.8) is 0 Å². The second-order valence-corrected chi connectivity index (χ2v) is 10.0. The van der Waals surface area contributed by atoms with Gasteiger partial charge in [0.25, 0.3) is 0 Å². The summed E-state index contributed by atoms with van der Waals surface area (Å²) >= 11 is 1.56. The van der Waals surface area contributed by atoms with Crippen LogP contribution in [0.1, 0.15) is 64.1 Å². The Balaban J connectivity index is 3.21. The Morgan fingerprint density at radius 3 is 2.45 bits per heavy atom. The first kappa shape index (κ1) is 28.6. The number of nitrogens with one attached hydrogen (secondary N) is 2. The minimum atomic E-state index is -0.911. The second kappa shape index (κ2) is 13.3. The van der Waals surface area contributed by atoms with Crippen LogP contribution in [0.15, 0.2) is 18.2 Å². The molecule has 0 saturated carbocycles. The van der Waals surface area contributed by atoms with Gasteiger partial charge in [-0.05, 0) is 75.8 Å². The molecular weight excluding hydrogens is 442 g/mol. The number of carbonyl (C=O) groups excluding carboxylic acids is 3. The van der Waals surface area contributed by atoms with Gasteiger partial charge in [-0.2, -0.15) is 11.8 Å². The molecule has 0 heterocycles. The standard InChI is InChI=1S/C24H39N3O5S/c1-8-9-13-25-21(29)20(17-10-11-19(28)16(2)15-17)27(6)22(30)18(12-14-33-7)26-23(31)32-24(3,4)5/h10-11,15,18,20,28H,8-9,12-14H2,1-7H3,(H,25,29)(H,26,31). The van der Waals surface area contributed by atoms with Gasteiger partial charge in [-0.15, -0.1) is 0 Å². The van der Waals surface area contributed by atoms with Crippen LogP contribution in [0.5, 0.6) is 5.75 Å². The molecule has 186 valence electrons. The molecule has 0 aromatic heterocycles. The number of aryl methyl sites for hydroxylation is 1. The molecular formula is C24H39N3O5S. The van der Waals surface area contributed by atoms with Crippen molar-refractivity contribution in [2.45, 2.75) is 71.6 Å². The number of likely N-dealkylation sites (N-methyl/N-ethyl adjacent to an activating group) is 1. The molecule has 1 rings (SSSR count). The lowest BCUT2D eigenvalue weighted by Gasteiger charge is -2.32. The monoisotopic (exact) mass is 481 g/mol. The van der Waals surface area contributed by atoms with Gasteiger partial charge in [-0.3, -0.25) is 9.59 Å². The number of benzene rings is 1. The zero-order valence-electron chi connectivity index (χ0n) is 20.9. The largest absolute Gasteiger partial charge is 0.508 e. The van der Waals surface area contributed by atoms with Gasteiger partial charge in [0.1, 0.15) is 23.4 Å². The van der Waals surface area contributed by atoms with Crippen LogP contribution in [0.25, 0.3) is 0 Å². The van der Waals surface area contributed by atoms with Gasteiger partial charge < -0.3 is 25.4 Å². The van der Waals surface area contributed by atoms with Crippen LogP contribution < -0.4 is 10.6 Å². The molecule has 0 saturated heterocycles. The summed E-state index contributed by atoms with van der Waals surface area (Å²) in [7, 11) is 1.55. The van der Waals surface area contributed by atoms with Crippen molar-refractivity contribution in [3.05, 3.63) is 29.3 Å². The molecule has 0 spiro atoms. The van der Waals surface area contributed by atoms with Crippen LogP contribution in [0.4, 0.5) is 4.79 Å². The summed E-state index contributed by atoms with van der Waals surface area (Å²) < 4.78 is 5.33. The van der Waals surface area contributed by atoms with Crippen LogP contribution in [-0.4, -0.2) is 65.2 Å². The molecule has 0 aliphatic heterocycles. The van der Waals surface area contributed by atoms with Gasteiger partial charge in [0.05, 0.1) is 0 Å². The Morgan fingerprint density at radius 2 is 1.91 bits per heavy atom. The quantitative estimate of drug-likeness (QED) is 0.415. The van der Waals surface area contributed by atoms with Gasteiger partial charge >= 0.3 is 6.09 Å². The predicted octanol–water partition coefficient (Wildman–Crippen LogP) is 3.76. The van der Waals surface area contributed by atoms with Crippen LogP contribution in [0, 0.1) is 6.92 Å². The third-order valence-electron chi connectivity index (χ3n) is 4.95. The Morgan fingerprint density at radius 1 is 1.24 bits per heavy atom. The Kier molecular flexibility index (Phi) is 11.6. The Labute approximate surface area is 201 Å². The fourth-order valence-corrected chi connectivity index (χ4v) is 3.67. The van der Waals surface area contributed by atoms with Crippen molar-refractivity contribution in [1.29, 1.82) is 0 Å². The number of nitrogens with zero attached hydrogens (tertiary/aromatic N) is 1. The van der Waals surface area contributed by atoms with E-state index in [0.717, 1.165) is 12.8 Å². The second-order valence-electron chi connectivity index (χ2n) is 9.02. The van der Waals surface area contributed by atoms with E-state index in [2.05, 4.69) is 10.6 Å². The summed E-state index contributed by atoms with van der Waals surface area (Å²) in [6.07, 6.45) is 3.37. The average molecular weight is 482 g/mol. The number of hydrogen-bond donors (Lipinski definition) is 3. The number of amides is 3. The molecule has 0 radical (unpaired) electrons. The van der Waals surface area contributed by atoms with Gasteiger partial charge in [-0.1, -0.05) is 19.4 Å². The molecule has 33 heavy (non-hydrogen) atoms. The minimum Gasteiger partial charge on any atom is -0.508 e. The van der Waals surface area contributed by atoms with Crippen LogP contribution in [0.2, 0.25) is 0 Å². The highest BCUT2D eigenvalue weighted by Gasteiger charge is 2.34. The number of hydrogen-bond acceptors (Lipinski definition) is 6. The van der Waals surface area contributed by atoms with Crippen molar-refractivity contribution < 1.29 is 24.2 Å². The van der Waals surface area contributed by atoms with E-state index in [1.54, 1.807) is 58.6 Å². The minimum absolute atomic E-state index is 0.113. The highest BCUT2D eigenvalue weighted by Crippen LogP contribution is 2.26. The topological polar surface area (TPSA) is 108 Å². The third-order valence-corrected chi connectivity index (χ3v) is 5.59. The molecule has 2 atom stereocenters. The predicted molar refractivity (Wildman–Crippen MR) is 132 cm³/mol. The highest BCUT2D eigenvalue weighted by atomic mass is 32.2. The number of ether oxygens (including phenoxy) is 1. The van der Waals surface area contributed by atoms with Crippen molar-refractivity contribution in [3.8, 4) is 5.75 Å². The van der Waals surface area contributed by atoms with E-state index in [0.29, 0.717) is 29.8 Å². The fraction of sp³-hybridized carbons (Fsp3) is 0.625. The third kappa shape index (κ3) is 9.53. The lowest BCUT2D eigenvalue weighted by Crippen LogP contribution is -2.52. The fourth-order valence-electron chi connectivity index (χ4n) is 3.20. The molecule has 2 unspecified atom stereocenters. The first-order valence-electron chi connectivity index (χ1n) is 11.2. The molecule has 0 fully saturated rings. The zero-order chi connectivity index (χ0) is 25.2. The normalized spacial score (nSPS) is 13.1. The molecule has 0 aliphatic carbocycles. The summed E-state index contributed by atoms with van der Waals surface area (Å²) in [5, 5.41) is 15.5. The maximum atomic E-state index is 13.5. The summed E-state index contributed by atoms with van der Waals surface area (Å²) in [6, 6.07) is 3.09. The Hall–Kier alpha value is -2.42. The van der Waals surface area contributed by atoms with E-state index in [-0.39, 0.29) is 11.7 Å². The molecule has 8 nitrogen and oxygen atoms in total. The summed E-state index contributed by atoms with van der Waals surface area (Å²) in [4.78, 5) is 40.3. The van der Waals surface area contributed by atoms with Crippen LogP contribution >= 0.6 is 11.8 Å². The number of thioether (sulfide) groups is 1. The Bertz CT molecular complexity index is 810. The maximum Gasteiger partial charge on any atom is 0.408 e. The van der Waals surface area contributed by atoms with E-state index >= 15 is 0 Å². The molecule has 1 aromatic rings. The van der Waals surface area contributed by atoms with Gasteiger partial charge in [0.15, 0.2) is 0 Å². The number of phenols is 1. The van der Waals surface area contributed by atoms with Crippen molar-refractivity contribution in [2.75, 3.05) is 25.6 Å². The van der Waals surface area contributed by atoms with Crippen LogP contribution in [-0.2, 0) is 14.3 Å². The van der Waals surface area contributed by atoms with Gasteiger partial charge in [0.2, 0.25) is 11.8 Å². The van der Waals surface area contributed by atoms with Crippen molar-refractivity contribution in [2.24, 2.45) is 0 Å². The number of phenolic OH excluding ortho intramolecular Hbond substituents is 1. The molecule has 0 aliphatic rings. The first-order valence-corrected chi connectivity index (χ1v) is 12.6. The molecule has 1 aromatic carbocycles. The van der Waals surface area contributed by atoms with Gasteiger partial charge in [-0.25, -0.2) is 4.79 Å². The van der Waals surface area contributed by atoms with Gasteiger partial charge in [0, 0.05) is 13.6 Å². The summed E-state index contributed by atoms with van der Waals surface area (Å²) in [6.45, 7) is 9.51. The highest BCUT2D eigenvalue weighted by molar-refractivity contribution is 7.98. The van der Waals surface area contributed by atoms with E-state index in [4.69, 9.17) is 4.74 Å². The SMILES string of the molecule is CCCCNC(=O)C(c1ccc(O)c(C)c1)N(C)C(=O)C(CCSC)NC(=O)OC(C)(C)C.